The largest absolute Gasteiger partial charge is 0.535 e. The van der Waals surface area contributed by atoms with Crippen LogP contribution >= 0.6 is 12.2 Å². The molecule has 0 bridgehead atoms. The molecule has 9 heavy (non-hydrogen) atoms. The van der Waals surface area contributed by atoms with Gasteiger partial charge in [-0.2, -0.15) is 0 Å². The van der Waals surface area contributed by atoms with Crippen LogP contribution in [0.4, 0.5) is 4.79 Å². The van der Waals surface area contributed by atoms with E-state index in [1.807, 2.05) is 5.49 Å². The zero-order valence-corrected chi connectivity index (χ0v) is 8.34. The first-order chi connectivity index (χ1) is 3.81. The van der Waals surface area contributed by atoms with Crippen LogP contribution < -0.4 is 5.32 Å². The molecule has 1 radical (unpaired) electrons. The van der Waals surface area contributed by atoms with E-state index in [0.29, 0.717) is 6.61 Å². The fourth-order valence-electron chi connectivity index (χ4n) is 0.209. The van der Waals surface area contributed by atoms with Crippen molar-refractivity contribution in [3.05, 3.63) is 0 Å². The van der Waals surface area contributed by atoms with E-state index < -0.39 is 6.09 Å². The predicted octanol–water partition coefficient (Wildman–Crippen LogP) is 0.564. The fourth-order valence-corrected chi connectivity index (χ4v) is 0.292. The number of hydrogen-bond donors (Lipinski definition) is 1. The summed E-state index contributed by atoms with van der Waals surface area (Å²) >= 11 is 4.18. The van der Waals surface area contributed by atoms with Crippen LogP contribution in [0, 0.1) is 0 Å². The molecule has 3 nitrogen and oxygen atoms in total. The van der Waals surface area contributed by atoms with Crippen LogP contribution in [-0.4, -0.2) is 18.2 Å². The number of thiocarbonyl (C=S) groups is 1. The molecule has 0 saturated heterocycles. The van der Waals surface area contributed by atoms with Gasteiger partial charge in [0.25, 0.3) is 0 Å². The van der Waals surface area contributed by atoms with E-state index >= 15 is 0 Å². The van der Waals surface area contributed by atoms with Crippen molar-refractivity contribution < 1.29 is 30.0 Å². The quantitative estimate of drug-likeness (QED) is 0.459. The Balaban J connectivity index is 0. The Morgan fingerprint density at radius 3 is 2.78 bits per heavy atom. The van der Waals surface area contributed by atoms with E-state index in [9.17, 15) is 4.79 Å². The topological polar surface area (TPSA) is 38.3 Å². The van der Waals surface area contributed by atoms with Crippen LogP contribution in [0.25, 0.3) is 0 Å². The second-order valence-corrected chi connectivity index (χ2v) is 1.15. The van der Waals surface area contributed by atoms with E-state index in [1.165, 1.54) is 0 Å². The van der Waals surface area contributed by atoms with Gasteiger partial charge in [0.1, 0.15) is 0 Å². The number of carbonyl (C=O) groups is 1. The van der Waals surface area contributed by atoms with Crippen LogP contribution in [0.2, 0.25) is 0 Å². The molecule has 53 valence electrons. The smallest absolute Gasteiger partial charge is 0.247 e. The van der Waals surface area contributed by atoms with Gasteiger partial charge in [-0.15, -0.1) is 0 Å². The Labute approximate surface area is 72.8 Å². The van der Waals surface area contributed by atoms with Crippen LogP contribution in [0.15, 0.2) is 0 Å². The molecule has 0 fully saturated rings. The second kappa shape index (κ2) is 8.02. The summed E-state index contributed by atoms with van der Waals surface area (Å²) in [7, 11) is 0. The van der Waals surface area contributed by atoms with Gasteiger partial charge in [0.05, 0.1) is 6.61 Å². The maximum atomic E-state index is 10.2. The predicted molar refractivity (Wildman–Crippen MR) is 32.8 cm³/mol. The van der Waals surface area contributed by atoms with Gasteiger partial charge in [-0.05, 0) is 6.92 Å². The van der Waals surface area contributed by atoms with Gasteiger partial charge in [0.15, 0.2) is 0 Å². The first kappa shape index (κ1) is 11.8. The van der Waals surface area contributed by atoms with Gasteiger partial charge in [0, 0.05) is 20.4 Å². The molecule has 0 aliphatic rings. The zero-order chi connectivity index (χ0) is 6.41. The maximum Gasteiger partial charge on any atom is 0.247 e. The summed E-state index contributed by atoms with van der Waals surface area (Å²) in [4.78, 5) is 10.2. The number of amides is 1. The van der Waals surface area contributed by atoms with E-state index in [0.717, 1.165) is 0 Å². The maximum absolute atomic E-state index is 10.2. The SMILES string of the molecule is CCOC(=O)N[C-]=S.[Re]. The first-order valence-electron chi connectivity index (χ1n) is 2.11. The molecule has 0 aromatic carbocycles. The molecular weight excluding hydrogens is 312 g/mol. The van der Waals surface area contributed by atoms with Gasteiger partial charge >= 0.3 is 0 Å². The van der Waals surface area contributed by atoms with Crippen LogP contribution in [0.1, 0.15) is 6.92 Å². The number of carbonyl (C=O) groups excluding carboxylic acids is 1. The average Bonchev–Trinajstić information content (AvgIpc) is 1.68. The van der Waals surface area contributed by atoms with Crippen molar-refractivity contribution in [1.29, 1.82) is 0 Å². The molecule has 1 amide bonds. The standard InChI is InChI=1S/C4H6NO2S.Re/c1-2-7-4(6)5-3-8;/h2H2,1H3,(H,5,6,8);/q-1;. The molecule has 0 aromatic heterocycles. The van der Waals surface area contributed by atoms with E-state index in [4.69, 9.17) is 0 Å². The Kier molecular flexibility index (Phi) is 10.5. The summed E-state index contributed by atoms with van der Waals surface area (Å²) in [6.45, 7) is 2.06. The first-order valence-corrected chi connectivity index (χ1v) is 2.52. The van der Waals surface area contributed by atoms with Gasteiger partial charge in [-0.25, -0.2) is 12.2 Å². The second-order valence-electron chi connectivity index (χ2n) is 0.948. The Bertz CT molecular complexity index is 98.6. The Hall–Kier alpha value is 0.0223. The van der Waals surface area contributed by atoms with E-state index in [2.05, 4.69) is 22.3 Å². The van der Waals surface area contributed by atoms with Crippen molar-refractivity contribution in [3.63, 3.8) is 0 Å². The summed E-state index contributed by atoms with van der Waals surface area (Å²) in [6.07, 6.45) is -0.553. The molecule has 0 saturated carbocycles. The fraction of sp³-hybridized carbons (Fsp3) is 0.500. The number of hydrogen-bond acceptors (Lipinski definition) is 3. The normalized spacial score (nSPS) is 6.78. The van der Waals surface area contributed by atoms with Crippen molar-refractivity contribution in [2.45, 2.75) is 6.92 Å². The van der Waals surface area contributed by atoms with Crippen LogP contribution in [-0.2, 0) is 25.2 Å². The molecule has 0 aliphatic carbocycles. The third kappa shape index (κ3) is 8.02. The summed E-state index contributed by atoms with van der Waals surface area (Å²) < 4.78 is 4.40. The van der Waals surface area contributed by atoms with Crippen molar-refractivity contribution in [1.82, 2.24) is 5.32 Å². The third-order valence-corrected chi connectivity index (χ3v) is 0.531. The van der Waals surface area contributed by atoms with Crippen LogP contribution in [0.3, 0.4) is 0 Å². The van der Waals surface area contributed by atoms with Gasteiger partial charge in [-0.3, -0.25) is 0 Å². The third-order valence-electron chi connectivity index (χ3n) is 0.429. The minimum Gasteiger partial charge on any atom is -0.535 e. The molecule has 0 aromatic rings. The molecule has 1 N–H and O–H groups in total. The van der Waals surface area contributed by atoms with Crippen molar-refractivity contribution in [3.8, 4) is 0 Å². The van der Waals surface area contributed by atoms with Gasteiger partial charge < -0.3 is 14.8 Å². The molecular formula is C4H6NO2ReS-. The minimum atomic E-state index is -0.553. The molecule has 0 atom stereocenters. The van der Waals surface area contributed by atoms with Crippen LogP contribution in [0.5, 0.6) is 0 Å². The van der Waals surface area contributed by atoms with Gasteiger partial charge in [0.2, 0.25) is 6.09 Å². The zero-order valence-electron chi connectivity index (χ0n) is 4.81. The Morgan fingerprint density at radius 2 is 2.44 bits per heavy atom. The van der Waals surface area contributed by atoms with Gasteiger partial charge in [-0.1, -0.05) is 5.49 Å². The Morgan fingerprint density at radius 1 is 1.89 bits per heavy atom. The molecule has 0 aliphatic heterocycles. The summed E-state index contributed by atoms with van der Waals surface area (Å²) in [5.74, 6) is 0. The number of alkyl carbamates (subject to hydrolysis) is 1. The average molecular weight is 318 g/mol. The van der Waals surface area contributed by atoms with Crippen molar-refractivity contribution >= 4 is 23.8 Å². The summed E-state index contributed by atoms with van der Waals surface area (Å²) in [6, 6.07) is 0. The van der Waals surface area contributed by atoms with E-state index in [-0.39, 0.29) is 20.4 Å². The molecule has 0 spiro atoms. The molecule has 0 rings (SSSR count). The monoisotopic (exact) mass is 319 g/mol. The molecule has 0 heterocycles. The van der Waals surface area contributed by atoms with Crippen molar-refractivity contribution in [2.24, 2.45) is 0 Å². The number of rotatable bonds is 2. The number of nitrogens with one attached hydrogen (secondary N) is 1. The summed E-state index contributed by atoms with van der Waals surface area (Å²) in [5.41, 5.74) is 2.01. The molecule has 5 heteroatoms. The summed E-state index contributed by atoms with van der Waals surface area (Å²) in [5, 5.41) is 2.05. The molecule has 0 unspecified atom stereocenters. The van der Waals surface area contributed by atoms with Crippen molar-refractivity contribution in [2.75, 3.05) is 6.61 Å². The van der Waals surface area contributed by atoms with E-state index in [1.54, 1.807) is 6.92 Å². The number of ether oxygens (including phenoxy) is 1. The minimum absolute atomic E-state index is 0.